The van der Waals surface area contributed by atoms with Crippen molar-refractivity contribution in [2.24, 2.45) is 0 Å². The third-order valence-corrected chi connectivity index (χ3v) is 8.34. The Bertz CT molecular complexity index is 136. The van der Waals surface area contributed by atoms with Crippen molar-refractivity contribution in [2.45, 2.75) is 25.8 Å². The van der Waals surface area contributed by atoms with Crippen molar-refractivity contribution in [3.63, 3.8) is 0 Å². The standard InChI is InChI=1S/C10H27N3Si/c1-8-9-10-14(11(2)3,12(4)5)13(6)7/h8-10H2,1-7H3. The second-order valence-electron chi connectivity index (χ2n) is 4.56. The summed E-state index contributed by atoms with van der Waals surface area (Å²) in [7, 11) is 11.7. The second-order valence-corrected chi connectivity index (χ2v) is 9.29. The quantitative estimate of drug-likeness (QED) is 0.623. The van der Waals surface area contributed by atoms with E-state index in [0.717, 1.165) is 0 Å². The molecular weight excluding hydrogens is 190 g/mol. The summed E-state index contributed by atoms with van der Waals surface area (Å²) in [4.78, 5) is 0. The smallest absolute Gasteiger partial charge is 0.288 e. The summed E-state index contributed by atoms with van der Waals surface area (Å²) in [5, 5.41) is 0. The molecule has 0 fully saturated rings. The third-order valence-electron chi connectivity index (χ3n) is 3.01. The van der Waals surface area contributed by atoms with Gasteiger partial charge in [0.05, 0.1) is 0 Å². The Kier molecular flexibility index (Phi) is 5.89. The van der Waals surface area contributed by atoms with Gasteiger partial charge in [-0.15, -0.1) is 0 Å². The molecule has 0 aromatic heterocycles. The van der Waals surface area contributed by atoms with Crippen molar-refractivity contribution in [3.8, 4) is 0 Å². The highest BCUT2D eigenvalue weighted by Gasteiger charge is 2.41. The zero-order valence-electron chi connectivity index (χ0n) is 11.0. The van der Waals surface area contributed by atoms with Gasteiger partial charge in [0.15, 0.2) is 0 Å². The van der Waals surface area contributed by atoms with E-state index < -0.39 is 8.56 Å². The van der Waals surface area contributed by atoms with Crippen molar-refractivity contribution < 1.29 is 0 Å². The van der Waals surface area contributed by atoms with Crippen LogP contribution in [0.1, 0.15) is 19.8 Å². The van der Waals surface area contributed by atoms with Crippen molar-refractivity contribution in [1.82, 2.24) is 13.7 Å². The van der Waals surface area contributed by atoms with Gasteiger partial charge >= 0.3 is 0 Å². The number of rotatable bonds is 6. The Hall–Kier alpha value is 0.0969. The van der Waals surface area contributed by atoms with Crippen LogP contribution in [0.3, 0.4) is 0 Å². The second kappa shape index (κ2) is 5.85. The predicted octanol–water partition coefficient (Wildman–Crippen LogP) is 1.41. The maximum absolute atomic E-state index is 2.43. The van der Waals surface area contributed by atoms with Crippen LogP contribution in [0.25, 0.3) is 0 Å². The van der Waals surface area contributed by atoms with Crippen LogP contribution in [0.15, 0.2) is 0 Å². The first-order valence-corrected chi connectivity index (χ1v) is 7.46. The SMILES string of the molecule is CCCC[Si](N(C)C)(N(C)C)N(C)C. The Morgan fingerprint density at radius 3 is 1.36 bits per heavy atom. The average Bonchev–Trinajstić information content (AvgIpc) is 2.03. The molecule has 0 amide bonds. The van der Waals surface area contributed by atoms with Gasteiger partial charge in [-0.1, -0.05) is 19.8 Å². The van der Waals surface area contributed by atoms with Crippen LogP contribution in [0.4, 0.5) is 0 Å². The highest BCUT2D eigenvalue weighted by molar-refractivity contribution is 6.71. The minimum Gasteiger partial charge on any atom is -0.305 e. The first-order chi connectivity index (χ1) is 6.39. The van der Waals surface area contributed by atoms with Crippen molar-refractivity contribution in [1.29, 1.82) is 0 Å². The minimum absolute atomic E-state index is 1.28. The van der Waals surface area contributed by atoms with Gasteiger partial charge in [-0.25, -0.2) is 0 Å². The first-order valence-electron chi connectivity index (χ1n) is 5.41. The summed E-state index contributed by atoms with van der Waals surface area (Å²) >= 11 is 0. The molecule has 86 valence electrons. The molecule has 14 heavy (non-hydrogen) atoms. The Balaban J connectivity index is 4.76. The molecule has 0 unspecified atom stereocenters. The van der Waals surface area contributed by atoms with Crippen molar-refractivity contribution in [3.05, 3.63) is 0 Å². The Morgan fingerprint density at radius 1 is 0.786 bits per heavy atom. The Labute approximate surface area is 90.9 Å². The van der Waals surface area contributed by atoms with Gasteiger partial charge in [0.25, 0.3) is 8.56 Å². The van der Waals surface area contributed by atoms with Gasteiger partial charge in [0, 0.05) is 0 Å². The monoisotopic (exact) mass is 217 g/mol. The Morgan fingerprint density at radius 2 is 1.14 bits per heavy atom. The molecule has 0 heterocycles. The third kappa shape index (κ3) is 2.79. The van der Waals surface area contributed by atoms with Crippen molar-refractivity contribution >= 4 is 8.56 Å². The van der Waals surface area contributed by atoms with Crippen molar-refractivity contribution in [2.75, 3.05) is 42.3 Å². The molecule has 0 atom stereocenters. The highest BCUT2D eigenvalue weighted by Crippen LogP contribution is 2.20. The zero-order valence-corrected chi connectivity index (χ0v) is 12.0. The molecule has 0 rings (SSSR count). The van der Waals surface area contributed by atoms with Gasteiger partial charge < -0.3 is 13.7 Å². The van der Waals surface area contributed by atoms with Crippen LogP contribution < -0.4 is 0 Å². The van der Waals surface area contributed by atoms with E-state index >= 15 is 0 Å². The summed E-state index contributed by atoms with van der Waals surface area (Å²) < 4.78 is 7.30. The number of nitrogens with zero attached hydrogens (tertiary/aromatic N) is 3. The van der Waals surface area contributed by atoms with E-state index in [-0.39, 0.29) is 0 Å². The summed E-state index contributed by atoms with van der Waals surface area (Å²) in [5.41, 5.74) is 0. The zero-order chi connectivity index (χ0) is 11.4. The molecule has 0 aromatic carbocycles. The van der Waals surface area contributed by atoms with Gasteiger partial charge in [0.1, 0.15) is 0 Å². The van der Waals surface area contributed by atoms with Crippen LogP contribution in [0, 0.1) is 0 Å². The fraction of sp³-hybridized carbons (Fsp3) is 1.00. The molecule has 0 N–H and O–H groups in total. The van der Waals surface area contributed by atoms with E-state index in [0.29, 0.717) is 0 Å². The van der Waals surface area contributed by atoms with Crippen LogP contribution in [-0.2, 0) is 0 Å². The maximum atomic E-state index is 2.43. The largest absolute Gasteiger partial charge is 0.305 e. The molecule has 3 nitrogen and oxygen atoms in total. The molecule has 0 radical (unpaired) electrons. The maximum Gasteiger partial charge on any atom is 0.288 e. The summed E-state index contributed by atoms with van der Waals surface area (Å²) in [6.07, 6.45) is 2.60. The fourth-order valence-corrected chi connectivity index (χ4v) is 6.85. The van der Waals surface area contributed by atoms with Gasteiger partial charge in [-0.3, -0.25) is 0 Å². The van der Waals surface area contributed by atoms with Crippen LogP contribution >= 0.6 is 0 Å². The predicted molar refractivity (Wildman–Crippen MR) is 66.5 cm³/mol. The molecule has 4 heteroatoms. The molecule has 0 aliphatic carbocycles. The topological polar surface area (TPSA) is 9.72 Å². The van der Waals surface area contributed by atoms with Crippen LogP contribution in [-0.4, -0.2) is 64.5 Å². The van der Waals surface area contributed by atoms with E-state index in [4.69, 9.17) is 0 Å². The van der Waals surface area contributed by atoms with Gasteiger partial charge in [-0.05, 0) is 48.3 Å². The van der Waals surface area contributed by atoms with Gasteiger partial charge in [0.2, 0.25) is 0 Å². The highest BCUT2D eigenvalue weighted by atomic mass is 28.4. The summed E-state index contributed by atoms with van der Waals surface area (Å²) in [6.45, 7) is 2.26. The van der Waals surface area contributed by atoms with E-state index in [1.54, 1.807) is 0 Å². The molecular formula is C10H27N3Si. The van der Waals surface area contributed by atoms with E-state index in [1.807, 2.05) is 0 Å². The normalized spacial score (nSPS) is 13.3. The van der Waals surface area contributed by atoms with E-state index in [9.17, 15) is 0 Å². The first kappa shape index (κ1) is 14.1. The van der Waals surface area contributed by atoms with E-state index in [2.05, 4.69) is 62.9 Å². The number of unbranched alkanes of at least 4 members (excludes halogenated alkanes) is 1. The lowest BCUT2D eigenvalue weighted by Gasteiger charge is -2.46. The van der Waals surface area contributed by atoms with E-state index in [1.165, 1.54) is 18.9 Å². The summed E-state index contributed by atoms with van der Waals surface area (Å²) in [5.74, 6) is 0. The van der Waals surface area contributed by atoms with Crippen LogP contribution in [0.5, 0.6) is 0 Å². The minimum atomic E-state index is -1.55. The molecule has 0 aliphatic rings. The lowest BCUT2D eigenvalue weighted by molar-refractivity contribution is 0.373. The molecule has 0 bridgehead atoms. The molecule has 0 aliphatic heterocycles. The lowest BCUT2D eigenvalue weighted by Crippen LogP contribution is -2.69. The number of hydrogen-bond acceptors (Lipinski definition) is 3. The van der Waals surface area contributed by atoms with Crippen LogP contribution in [0.2, 0.25) is 6.04 Å². The summed E-state index contributed by atoms with van der Waals surface area (Å²) in [6, 6.07) is 1.32. The fourth-order valence-electron chi connectivity index (χ4n) is 2.28. The average molecular weight is 217 g/mol. The molecule has 0 spiro atoms. The van der Waals surface area contributed by atoms with Gasteiger partial charge in [-0.2, -0.15) is 0 Å². The molecule has 0 saturated heterocycles. The molecule has 0 aromatic rings. The number of hydrogen-bond donors (Lipinski definition) is 0. The molecule has 0 saturated carbocycles. The lowest BCUT2D eigenvalue weighted by atomic mass is 10.4.